The summed E-state index contributed by atoms with van der Waals surface area (Å²) in [5.74, 6) is -0.513. The molecule has 0 aliphatic carbocycles. The van der Waals surface area contributed by atoms with Crippen LogP contribution in [0.1, 0.15) is 39.0 Å². The van der Waals surface area contributed by atoms with Crippen molar-refractivity contribution in [1.29, 1.82) is 0 Å². The average Bonchev–Trinajstić information content (AvgIpc) is 2.94. The molecule has 0 aromatic carbocycles. The van der Waals surface area contributed by atoms with Crippen molar-refractivity contribution in [3.05, 3.63) is 0 Å². The summed E-state index contributed by atoms with van der Waals surface area (Å²) in [6.45, 7) is 4.51. The number of hydrogen-bond acceptors (Lipinski definition) is 3. The number of likely N-dealkylation sites (tertiary alicyclic amines) is 1. The topological polar surface area (TPSA) is 50.8 Å². The van der Waals surface area contributed by atoms with Crippen LogP contribution < -0.4 is 5.32 Å². The van der Waals surface area contributed by atoms with Crippen molar-refractivity contribution in [3.8, 4) is 0 Å². The molecule has 2 saturated heterocycles. The highest BCUT2D eigenvalue weighted by atomic mass is 19.4. The normalized spacial score (nSPS) is 24.7. The van der Waals surface area contributed by atoms with E-state index in [1.807, 2.05) is 6.92 Å². The Morgan fingerprint density at radius 3 is 2.65 bits per heavy atom. The van der Waals surface area contributed by atoms with Crippen LogP contribution in [0, 0.1) is 5.92 Å². The zero-order valence-corrected chi connectivity index (χ0v) is 13.5. The monoisotopic (exact) mass is 338 g/mol. The molecule has 8 heteroatoms. The highest BCUT2D eigenvalue weighted by Crippen LogP contribution is 2.34. The second-order valence-corrected chi connectivity index (χ2v) is 6.30. The third-order valence-electron chi connectivity index (χ3n) is 4.47. The fourth-order valence-corrected chi connectivity index (χ4v) is 3.11. The van der Waals surface area contributed by atoms with Crippen molar-refractivity contribution in [3.63, 3.8) is 0 Å². The maximum absolute atomic E-state index is 12.1. The van der Waals surface area contributed by atoms with Crippen LogP contribution >= 0.6 is 0 Å². The van der Waals surface area contributed by atoms with E-state index in [-0.39, 0.29) is 24.9 Å². The van der Waals surface area contributed by atoms with Gasteiger partial charge in [-0.15, -0.1) is 0 Å². The number of rotatable bonds is 5. The molecule has 0 radical (unpaired) electrons. The van der Waals surface area contributed by atoms with Gasteiger partial charge in [0.2, 0.25) is 0 Å². The number of piperidine rings is 1. The number of alkyl halides is 3. The number of carbonyl (C=O) groups excluding carboxylic acids is 1. The standard InChI is InChI=1S/C15H25F3N2O3/c1-14(22-9-10-23-14)12-5-4-8-20(11-12)13(21)19-7-3-2-6-15(16,17)18/h12H,2-11H2,1H3,(H,19,21)/t12-/m1/s1. The molecule has 0 unspecified atom stereocenters. The Hall–Kier alpha value is -1.02. The van der Waals surface area contributed by atoms with Crippen molar-refractivity contribution in [2.75, 3.05) is 32.8 Å². The molecule has 5 nitrogen and oxygen atoms in total. The van der Waals surface area contributed by atoms with E-state index < -0.39 is 18.4 Å². The van der Waals surface area contributed by atoms with Crippen LogP contribution in [0.2, 0.25) is 0 Å². The summed E-state index contributed by atoms with van der Waals surface area (Å²) in [5.41, 5.74) is 0. The first-order valence-electron chi connectivity index (χ1n) is 8.18. The summed E-state index contributed by atoms with van der Waals surface area (Å²) in [7, 11) is 0. The number of nitrogens with one attached hydrogen (secondary N) is 1. The van der Waals surface area contributed by atoms with Crippen LogP contribution in [0.15, 0.2) is 0 Å². The lowest BCUT2D eigenvalue weighted by molar-refractivity contribution is -0.189. The van der Waals surface area contributed by atoms with Crippen LogP contribution in [0.3, 0.4) is 0 Å². The lowest BCUT2D eigenvalue weighted by Crippen LogP contribution is -2.51. The Morgan fingerprint density at radius 2 is 2.00 bits per heavy atom. The first-order valence-corrected chi connectivity index (χ1v) is 8.18. The molecule has 1 atom stereocenters. The lowest BCUT2D eigenvalue weighted by Gasteiger charge is -2.39. The van der Waals surface area contributed by atoms with Gasteiger partial charge in [0, 0.05) is 32.0 Å². The van der Waals surface area contributed by atoms with Gasteiger partial charge in [0.15, 0.2) is 5.79 Å². The molecule has 2 aliphatic heterocycles. The van der Waals surface area contributed by atoms with E-state index in [1.54, 1.807) is 4.90 Å². The van der Waals surface area contributed by atoms with Gasteiger partial charge < -0.3 is 19.7 Å². The predicted octanol–water partition coefficient (Wildman–Crippen LogP) is 2.90. The Morgan fingerprint density at radius 1 is 1.30 bits per heavy atom. The van der Waals surface area contributed by atoms with Gasteiger partial charge in [0.1, 0.15) is 0 Å². The molecule has 2 aliphatic rings. The molecule has 2 heterocycles. The minimum Gasteiger partial charge on any atom is -0.347 e. The zero-order chi connectivity index (χ0) is 16.9. The molecule has 2 fully saturated rings. The number of urea groups is 1. The van der Waals surface area contributed by atoms with E-state index >= 15 is 0 Å². The van der Waals surface area contributed by atoms with Gasteiger partial charge in [-0.1, -0.05) is 0 Å². The smallest absolute Gasteiger partial charge is 0.347 e. The van der Waals surface area contributed by atoms with Crippen molar-refractivity contribution in [1.82, 2.24) is 10.2 Å². The number of unbranched alkanes of at least 4 members (excludes halogenated alkanes) is 1. The summed E-state index contributed by atoms with van der Waals surface area (Å²) >= 11 is 0. The Balaban J connectivity index is 1.70. The quantitative estimate of drug-likeness (QED) is 0.784. The van der Waals surface area contributed by atoms with Crippen molar-refractivity contribution < 1.29 is 27.4 Å². The first-order chi connectivity index (χ1) is 10.8. The minimum atomic E-state index is -4.12. The number of ether oxygens (including phenoxy) is 2. The average molecular weight is 338 g/mol. The highest BCUT2D eigenvalue weighted by Gasteiger charge is 2.42. The van der Waals surface area contributed by atoms with Crippen LogP contribution in [-0.2, 0) is 9.47 Å². The summed E-state index contributed by atoms with van der Waals surface area (Å²) in [6.07, 6.45) is -2.76. The van der Waals surface area contributed by atoms with Crippen molar-refractivity contribution >= 4 is 6.03 Å². The molecular weight excluding hydrogens is 313 g/mol. The molecule has 1 N–H and O–H groups in total. The largest absolute Gasteiger partial charge is 0.389 e. The second-order valence-electron chi connectivity index (χ2n) is 6.30. The van der Waals surface area contributed by atoms with Gasteiger partial charge >= 0.3 is 12.2 Å². The summed E-state index contributed by atoms with van der Waals surface area (Å²) in [5, 5.41) is 2.70. The summed E-state index contributed by atoms with van der Waals surface area (Å²) in [6, 6.07) is -0.219. The van der Waals surface area contributed by atoms with E-state index in [0.717, 1.165) is 12.8 Å². The van der Waals surface area contributed by atoms with Crippen LogP contribution in [-0.4, -0.2) is 55.7 Å². The first kappa shape index (κ1) is 18.3. The van der Waals surface area contributed by atoms with Gasteiger partial charge in [0.25, 0.3) is 0 Å². The molecular formula is C15H25F3N2O3. The number of hydrogen-bond donors (Lipinski definition) is 1. The minimum absolute atomic E-state index is 0.0339. The van der Waals surface area contributed by atoms with Crippen LogP contribution in [0.25, 0.3) is 0 Å². The SMILES string of the molecule is CC1([C@@H]2CCCN(C(=O)NCCCCC(F)(F)F)C2)OCCO1. The highest BCUT2D eigenvalue weighted by molar-refractivity contribution is 5.74. The van der Waals surface area contributed by atoms with Crippen molar-refractivity contribution in [2.24, 2.45) is 5.92 Å². The van der Waals surface area contributed by atoms with Crippen LogP contribution in [0.5, 0.6) is 0 Å². The summed E-state index contributed by atoms with van der Waals surface area (Å²) in [4.78, 5) is 13.8. The maximum atomic E-state index is 12.1. The van der Waals surface area contributed by atoms with Gasteiger partial charge in [-0.25, -0.2) is 4.79 Å². The molecule has 0 spiro atoms. The molecule has 0 aromatic heterocycles. The molecule has 0 aromatic rings. The second kappa shape index (κ2) is 7.70. The van der Waals surface area contributed by atoms with Gasteiger partial charge in [0.05, 0.1) is 13.2 Å². The molecule has 23 heavy (non-hydrogen) atoms. The number of carbonyl (C=O) groups is 1. The molecule has 2 amide bonds. The third-order valence-corrected chi connectivity index (χ3v) is 4.47. The molecule has 2 rings (SSSR count). The van der Waals surface area contributed by atoms with Crippen LogP contribution in [0.4, 0.5) is 18.0 Å². The Kier molecular flexibility index (Phi) is 6.13. The van der Waals surface area contributed by atoms with E-state index in [9.17, 15) is 18.0 Å². The third kappa shape index (κ3) is 5.53. The maximum Gasteiger partial charge on any atom is 0.389 e. The van der Waals surface area contributed by atoms with Gasteiger partial charge in [-0.05, 0) is 32.6 Å². The van der Waals surface area contributed by atoms with Gasteiger partial charge in [-0.3, -0.25) is 0 Å². The molecule has 134 valence electrons. The molecule has 0 saturated carbocycles. The molecule has 0 bridgehead atoms. The van der Waals surface area contributed by atoms with E-state index in [4.69, 9.17) is 9.47 Å². The lowest BCUT2D eigenvalue weighted by atomic mass is 9.90. The number of halogens is 3. The summed E-state index contributed by atoms with van der Waals surface area (Å²) < 4.78 is 47.5. The Bertz CT molecular complexity index is 398. The van der Waals surface area contributed by atoms with Crippen molar-refractivity contribution in [2.45, 2.75) is 51.0 Å². The Labute approximate surface area is 134 Å². The predicted molar refractivity (Wildman–Crippen MR) is 77.9 cm³/mol. The number of amides is 2. The number of nitrogens with zero attached hydrogens (tertiary/aromatic N) is 1. The van der Waals surface area contributed by atoms with E-state index in [1.165, 1.54) is 0 Å². The fraction of sp³-hybridized carbons (Fsp3) is 0.933. The zero-order valence-electron chi connectivity index (χ0n) is 13.5. The fourth-order valence-electron chi connectivity index (χ4n) is 3.11. The van der Waals surface area contributed by atoms with E-state index in [0.29, 0.717) is 32.7 Å². The van der Waals surface area contributed by atoms with E-state index in [2.05, 4.69) is 5.32 Å². The van der Waals surface area contributed by atoms with Gasteiger partial charge in [-0.2, -0.15) is 13.2 Å².